The number of aromatic nitrogens is 1. The summed E-state index contributed by atoms with van der Waals surface area (Å²) in [6.45, 7) is 2.73. The monoisotopic (exact) mass is 496 g/mol. The lowest BCUT2D eigenvalue weighted by molar-refractivity contribution is -0.138. The van der Waals surface area contributed by atoms with E-state index in [2.05, 4.69) is 20.6 Å². The van der Waals surface area contributed by atoms with Crippen LogP contribution in [0, 0.1) is 5.82 Å². The third-order valence-electron chi connectivity index (χ3n) is 3.53. The molecule has 2 aromatic rings. The van der Waals surface area contributed by atoms with E-state index in [0.717, 1.165) is 17.8 Å². The van der Waals surface area contributed by atoms with Gasteiger partial charge in [0.1, 0.15) is 5.82 Å². The van der Waals surface area contributed by atoms with Crippen LogP contribution in [-0.4, -0.2) is 24.0 Å². The first-order valence-electron chi connectivity index (χ1n) is 8.18. The molecule has 0 atom stereocenters. The number of rotatable bonds is 6. The average molecular weight is 496 g/mol. The van der Waals surface area contributed by atoms with Gasteiger partial charge in [0, 0.05) is 31.4 Å². The molecule has 2 N–H and O–H groups in total. The second kappa shape index (κ2) is 11.1. The van der Waals surface area contributed by atoms with Crippen molar-refractivity contribution in [2.24, 2.45) is 4.99 Å². The SMILES string of the molecule is CCNC(=NCc1ccc(F)cc1C(F)(F)F)NCCc1ccccn1.I. The highest BCUT2D eigenvalue weighted by molar-refractivity contribution is 14.0. The number of hydrogen-bond acceptors (Lipinski definition) is 2. The van der Waals surface area contributed by atoms with Crippen molar-refractivity contribution in [3.05, 3.63) is 65.2 Å². The first-order valence-corrected chi connectivity index (χ1v) is 8.18. The van der Waals surface area contributed by atoms with Gasteiger partial charge < -0.3 is 10.6 Å². The van der Waals surface area contributed by atoms with Crippen molar-refractivity contribution < 1.29 is 17.6 Å². The van der Waals surface area contributed by atoms with Gasteiger partial charge >= 0.3 is 6.18 Å². The topological polar surface area (TPSA) is 49.3 Å². The van der Waals surface area contributed by atoms with E-state index in [4.69, 9.17) is 0 Å². The number of benzene rings is 1. The molecule has 1 aromatic carbocycles. The van der Waals surface area contributed by atoms with Crippen molar-refractivity contribution in [2.45, 2.75) is 26.1 Å². The predicted octanol–water partition coefficient (Wildman–Crippen LogP) is 4.16. The van der Waals surface area contributed by atoms with Crippen molar-refractivity contribution in [3.63, 3.8) is 0 Å². The molecule has 9 heteroatoms. The van der Waals surface area contributed by atoms with E-state index < -0.39 is 17.6 Å². The van der Waals surface area contributed by atoms with Crippen LogP contribution in [0.3, 0.4) is 0 Å². The van der Waals surface area contributed by atoms with E-state index in [0.29, 0.717) is 31.5 Å². The van der Waals surface area contributed by atoms with E-state index >= 15 is 0 Å². The molecular weight excluding hydrogens is 475 g/mol. The molecule has 148 valence electrons. The summed E-state index contributed by atoms with van der Waals surface area (Å²) in [4.78, 5) is 8.37. The molecule has 0 fully saturated rings. The molecule has 4 nitrogen and oxygen atoms in total. The molecule has 0 radical (unpaired) electrons. The molecule has 0 saturated heterocycles. The van der Waals surface area contributed by atoms with Crippen LogP contribution in [0.5, 0.6) is 0 Å². The third kappa shape index (κ3) is 7.69. The Morgan fingerprint density at radius 3 is 2.56 bits per heavy atom. The van der Waals surface area contributed by atoms with E-state index in [1.54, 1.807) is 6.20 Å². The van der Waals surface area contributed by atoms with Crippen molar-refractivity contribution >= 4 is 29.9 Å². The Balaban J connectivity index is 0.00000364. The minimum atomic E-state index is -4.63. The van der Waals surface area contributed by atoms with Crippen molar-refractivity contribution in [1.82, 2.24) is 15.6 Å². The predicted molar refractivity (Wildman–Crippen MR) is 108 cm³/mol. The lowest BCUT2D eigenvalue weighted by Gasteiger charge is -2.14. The minimum Gasteiger partial charge on any atom is -0.357 e. The highest BCUT2D eigenvalue weighted by Crippen LogP contribution is 2.32. The quantitative estimate of drug-likeness (QED) is 0.274. The van der Waals surface area contributed by atoms with E-state index in [9.17, 15) is 17.6 Å². The molecule has 1 aromatic heterocycles. The molecule has 1 heterocycles. The molecule has 0 spiro atoms. The van der Waals surface area contributed by atoms with Crippen molar-refractivity contribution in [2.75, 3.05) is 13.1 Å². The van der Waals surface area contributed by atoms with Crippen LogP contribution in [0.4, 0.5) is 17.6 Å². The van der Waals surface area contributed by atoms with E-state index in [1.165, 1.54) is 0 Å². The summed E-state index contributed by atoms with van der Waals surface area (Å²) in [5, 5.41) is 6.02. The molecule has 0 aliphatic carbocycles. The molecular formula is C18H21F4IN4. The van der Waals surface area contributed by atoms with Crippen LogP contribution in [0.25, 0.3) is 0 Å². The average Bonchev–Trinajstić information content (AvgIpc) is 2.60. The number of guanidine groups is 1. The zero-order valence-corrected chi connectivity index (χ0v) is 17.0. The Bertz CT molecular complexity index is 736. The second-order valence-corrected chi connectivity index (χ2v) is 5.49. The van der Waals surface area contributed by atoms with Gasteiger partial charge in [-0.1, -0.05) is 12.1 Å². The lowest BCUT2D eigenvalue weighted by Crippen LogP contribution is -2.38. The summed E-state index contributed by atoms with van der Waals surface area (Å²) in [6.07, 6.45) is -2.28. The zero-order valence-electron chi connectivity index (χ0n) is 14.7. The van der Waals surface area contributed by atoms with Crippen LogP contribution in [0.15, 0.2) is 47.6 Å². The van der Waals surface area contributed by atoms with Gasteiger partial charge in [-0.15, -0.1) is 24.0 Å². The largest absolute Gasteiger partial charge is 0.416 e. The molecule has 2 rings (SSSR count). The second-order valence-electron chi connectivity index (χ2n) is 5.49. The molecule has 0 amide bonds. The summed E-state index contributed by atoms with van der Waals surface area (Å²) in [5.74, 6) is -0.536. The zero-order chi connectivity index (χ0) is 19.0. The Morgan fingerprint density at radius 1 is 1.15 bits per heavy atom. The summed E-state index contributed by atoms with van der Waals surface area (Å²) >= 11 is 0. The van der Waals surface area contributed by atoms with Gasteiger partial charge in [-0.05, 0) is 36.8 Å². The normalized spacial score (nSPS) is 11.7. The molecule has 27 heavy (non-hydrogen) atoms. The lowest BCUT2D eigenvalue weighted by atomic mass is 10.1. The molecule has 0 unspecified atom stereocenters. The first kappa shape index (κ1) is 23.1. The number of nitrogens with one attached hydrogen (secondary N) is 2. The summed E-state index contributed by atoms with van der Waals surface area (Å²) in [5.41, 5.74) is -0.194. The first-order chi connectivity index (χ1) is 12.4. The standard InChI is InChI=1S/C18H20F4N4.HI/c1-2-23-17(25-10-8-15-5-3-4-9-24-15)26-12-13-6-7-14(19)11-16(13)18(20,21)22;/h3-7,9,11H,2,8,10,12H2,1H3,(H2,23,25,26);1H. The van der Waals surface area contributed by atoms with Crippen LogP contribution in [0.1, 0.15) is 23.7 Å². The van der Waals surface area contributed by atoms with Crippen LogP contribution in [-0.2, 0) is 19.1 Å². The van der Waals surface area contributed by atoms with Gasteiger partial charge in [0.05, 0.1) is 12.1 Å². The number of pyridine rings is 1. The Labute approximate surface area is 172 Å². The Hall–Kier alpha value is -1.91. The van der Waals surface area contributed by atoms with E-state index in [1.807, 2.05) is 25.1 Å². The fourth-order valence-corrected chi connectivity index (χ4v) is 2.31. The number of halogens is 5. The highest BCUT2D eigenvalue weighted by Gasteiger charge is 2.33. The number of nitrogens with zero attached hydrogens (tertiary/aromatic N) is 2. The highest BCUT2D eigenvalue weighted by atomic mass is 127. The molecule has 0 bridgehead atoms. The molecule has 0 saturated carbocycles. The number of hydrogen-bond donors (Lipinski definition) is 2. The number of alkyl halides is 3. The third-order valence-corrected chi connectivity index (χ3v) is 3.53. The molecule has 0 aliphatic rings. The van der Waals surface area contributed by atoms with Crippen LogP contribution >= 0.6 is 24.0 Å². The molecule has 0 aliphatic heterocycles. The van der Waals surface area contributed by atoms with Gasteiger partial charge in [0.25, 0.3) is 0 Å². The smallest absolute Gasteiger partial charge is 0.357 e. The van der Waals surface area contributed by atoms with E-state index in [-0.39, 0.29) is 36.1 Å². The van der Waals surface area contributed by atoms with Gasteiger partial charge in [-0.2, -0.15) is 13.2 Å². The van der Waals surface area contributed by atoms with Crippen LogP contribution < -0.4 is 10.6 Å². The van der Waals surface area contributed by atoms with Gasteiger partial charge in [0.2, 0.25) is 0 Å². The van der Waals surface area contributed by atoms with Gasteiger partial charge in [-0.3, -0.25) is 4.98 Å². The van der Waals surface area contributed by atoms with Gasteiger partial charge in [-0.25, -0.2) is 9.38 Å². The maximum Gasteiger partial charge on any atom is 0.416 e. The van der Waals surface area contributed by atoms with Gasteiger partial charge in [0.15, 0.2) is 5.96 Å². The number of aliphatic imine (C=N–C) groups is 1. The summed E-state index contributed by atoms with van der Waals surface area (Å²) in [6, 6.07) is 8.20. The Morgan fingerprint density at radius 2 is 1.93 bits per heavy atom. The van der Waals surface area contributed by atoms with Crippen molar-refractivity contribution in [3.8, 4) is 0 Å². The fourth-order valence-electron chi connectivity index (χ4n) is 2.31. The summed E-state index contributed by atoms with van der Waals surface area (Å²) < 4.78 is 52.3. The Kier molecular flexibility index (Phi) is 9.47. The fraction of sp³-hybridized carbons (Fsp3) is 0.333. The van der Waals surface area contributed by atoms with Crippen molar-refractivity contribution in [1.29, 1.82) is 0 Å². The van der Waals surface area contributed by atoms with Crippen LogP contribution in [0.2, 0.25) is 0 Å². The summed E-state index contributed by atoms with van der Waals surface area (Å²) in [7, 11) is 0. The maximum atomic E-state index is 13.2. The minimum absolute atomic E-state index is 0. The maximum absolute atomic E-state index is 13.2.